The van der Waals surface area contributed by atoms with Crippen molar-refractivity contribution in [1.82, 2.24) is 4.90 Å². The summed E-state index contributed by atoms with van der Waals surface area (Å²) in [4.78, 5) is 96.6. The van der Waals surface area contributed by atoms with Crippen LogP contribution in [0.25, 0.3) is 0 Å². The largest absolute Gasteiger partial charge is 1.00 e. The molecule has 24 rings (SSSR count). The molecule has 0 aromatic rings. The summed E-state index contributed by atoms with van der Waals surface area (Å²) in [5.74, 6) is -1.96. The number of fused-ring (bicyclic) bond motifs is 8. The monoisotopic (exact) mass is 2020 g/mol. The van der Waals surface area contributed by atoms with E-state index in [0.29, 0.717) is 60.6 Å². The van der Waals surface area contributed by atoms with Gasteiger partial charge in [0.05, 0.1) is 38.4 Å². The van der Waals surface area contributed by atoms with Gasteiger partial charge in [-0.3, -0.25) is 14.4 Å². The number of amides is 1. The van der Waals surface area contributed by atoms with E-state index >= 15 is 0 Å². The fourth-order valence-corrected chi connectivity index (χ4v) is 25.2. The van der Waals surface area contributed by atoms with Crippen LogP contribution >= 0.6 is 22.6 Å². The van der Waals surface area contributed by atoms with Gasteiger partial charge in [0.15, 0.2) is 65.6 Å². The molecule has 18 N–H and O–H groups in total. The Labute approximate surface area is 800 Å². The molecule has 20 aliphatic heterocycles. The number of likely N-dealkylation sites (tertiary alicyclic amines) is 1. The minimum atomic E-state index is -1.61. The third-order valence-corrected chi connectivity index (χ3v) is 32.7. The summed E-state index contributed by atoms with van der Waals surface area (Å²) in [5.41, 5.74) is 2.22. The Kier molecular flexibility index (Phi) is 34.0. The normalized spacial score (nSPS) is 54.0. The van der Waals surface area contributed by atoms with E-state index in [2.05, 4.69) is 65.2 Å². The first kappa shape index (κ1) is 107. The number of halogens is 1. The van der Waals surface area contributed by atoms with Crippen LogP contribution in [-0.4, -0.2) is 341 Å². The molecule has 1 amide bonds. The number of hydrogen-bond donors (Lipinski definition) is 17. The van der Waals surface area contributed by atoms with Gasteiger partial charge in [0.1, 0.15) is 91.4 Å². The van der Waals surface area contributed by atoms with Gasteiger partial charge in [-0.2, -0.15) is 0 Å². The number of rotatable bonds is 8. The Hall–Kier alpha value is -2.28. The van der Waals surface area contributed by atoms with Crippen LogP contribution < -0.4 is 40.5 Å². The van der Waals surface area contributed by atoms with Crippen LogP contribution in [0.2, 0.25) is 0 Å². The van der Waals surface area contributed by atoms with Crippen LogP contribution in [0.15, 0.2) is 9.98 Å². The van der Waals surface area contributed by atoms with Crippen LogP contribution in [0.1, 0.15) is 186 Å². The smallest absolute Gasteiger partial charge is 0.662 e. The van der Waals surface area contributed by atoms with E-state index in [1.807, 2.05) is 53.4 Å². The molecule has 16 unspecified atom stereocenters. The van der Waals surface area contributed by atoms with Crippen molar-refractivity contribution < 1.29 is 227 Å². The second kappa shape index (κ2) is 42.0. The van der Waals surface area contributed by atoms with Crippen LogP contribution in [0.3, 0.4) is 0 Å². The quantitative estimate of drug-likeness (QED) is 0.0206. The molecular weight excluding hydrogens is 1880 g/mol. The molecule has 44 nitrogen and oxygen atoms in total. The van der Waals surface area contributed by atoms with Gasteiger partial charge in [-0.05, 0) is 139 Å². The summed E-state index contributed by atoms with van der Waals surface area (Å²) in [6.07, 6.45) is -10.3. The molecule has 0 aromatic heterocycles. The first-order valence-electron chi connectivity index (χ1n) is 46.3. The third-order valence-electron chi connectivity index (χ3n) is 32.7. The zero-order valence-corrected chi connectivity index (χ0v) is 81.2. The van der Waals surface area contributed by atoms with E-state index in [0.717, 1.165) is 83.5 Å². The first-order valence-corrected chi connectivity index (χ1v) is 48.4. The van der Waals surface area contributed by atoms with Crippen molar-refractivity contribution in [3.63, 3.8) is 0 Å². The van der Waals surface area contributed by atoms with Crippen LogP contribution in [0.4, 0.5) is 0 Å². The number of carbonyl (C=O) groups excluding carboxylic acids is 3. The Bertz CT molecular complexity index is 3840. The van der Waals surface area contributed by atoms with Gasteiger partial charge in [0.25, 0.3) is 6.47 Å². The SMILES string of the molecule is CI.C[C@@H]1CCC2[C@@H](C)C(=NC3[C@H](O)O[C@@H](CO)[C@H](O)[C@H]3O)O[C@@H]3O[C@@]4(C)CCC1C23OO4.C[C@@H]1CCC2[C@@H](C)C(=NC3[C@H](O)O[C@@H](CO)[C@H](O)[C@H]3O)O[C@@H]3O[C@@]4(C)CCC1C23OO4.C[C@@H]1CCC2[C@@H](C)C(=O)N(C3[C@H](O)O[C@@H](CO)[C@H](O)[C@H]3O)C3O[C@@]4(C)CCC1C23OO4.C[C@@H]1CCC2[C@@H](C)C(=O)O[C@@H]3O[C@@]4(C)CCC1C23OO4.N[C@H]1[C@H](O)[C@@H](O)[C@H](CO)O[C@H]1O.O=CO[O-].[Na+]. The summed E-state index contributed by atoms with van der Waals surface area (Å²) in [7, 11) is 0. The van der Waals surface area contributed by atoms with E-state index in [1.54, 1.807) is 6.92 Å². The molecule has 48 atom stereocenters. The molecule has 0 aromatic carbocycles. The number of carbonyl (C=O) groups is 3. The van der Waals surface area contributed by atoms with Gasteiger partial charge in [-0.15, -0.1) is 0 Å². The Morgan fingerprint density at radius 2 is 0.705 bits per heavy atom. The maximum absolute atomic E-state index is 13.6. The van der Waals surface area contributed by atoms with Crippen molar-refractivity contribution >= 4 is 52.7 Å². The second-order valence-electron chi connectivity index (χ2n) is 40.3. The molecule has 4 spiro atoms. The topological polar surface area (TPSA) is 637 Å². The number of nitrogens with zero attached hydrogens (tertiary/aromatic N) is 3. The van der Waals surface area contributed by atoms with Crippen LogP contribution in [0, 0.1) is 94.7 Å². The fourth-order valence-electron chi connectivity index (χ4n) is 25.2. The van der Waals surface area contributed by atoms with Gasteiger partial charge in [0, 0.05) is 84.9 Å². The predicted octanol–water partition coefficient (Wildman–Crippen LogP) is -4.76. The second-order valence-corrected chi connectivity index (χ2v) is 40.3. The number of piperidine rings is 1. The van der Waals surface area contributed by atoms with Gasteiger partial charge >= 0.3 is 35.5 Å². The van der Waals surface area contributed by atoms with Gasteiger partial charge in [0.2, 0.25) is 47.9 Å². The fraction of sp³-hybridized carbons (Fsp3) is 0.942. The summed E-state index contributed by atoms with van der Waals surface area (Å²) in [6, 6.07) is -4.63. The molecule has 46 heteroatoms. The van der Waals surface area contributed by atoms with Crippen molar-refractivity contribution in [2.45, 2.75) is 379 Å². The van der Waals surface area contributed by atoms with Gasteiger partial charge < -0.3 is 155 Å². The van der Waals surface area contributed by atoms with Crippen molar-refractivity contribution in [2.24, 2.45) is 110 Å². The van der Waals surface area contributed by atoms with Crippen LogP contribution in [-0.2, 0) is 110 Å². The Morgan fingerprint density at radius 1 is 0.402 bits per heavy atom. The molecular formula is C86H138IN4NaO40. The van der Waals surface area contributed by atoms with Gasteiger partial charge in [-0.25, -0.2) is 49.1 Å². The summed E-state index contributed by atoms with van der Waals surface area (Å²) in [5, 5.41) is 167. The zero-order valence-electron chi connectivity index (χ0n) is 77.1. The van der Waals surface area contributed by atoms with Gasteiger partial charge in [-0.1, -0.05) is 78.0 Å². The van der Waals surface area contributed by atoms with Crippen molar-refractivity contribution in [3.8, 4) is 0 Å². The summed E-state index contributed by atoms with van der Waals surface area (Å²) >= 11 is 2.15. The molecule has 0 radical (unpaired) electrons. The maximum Gasteiger partial charge on any atom is 1.00 e. The molecule has 20 saturated heterocycles. The maximum atomic E-state index is 13.6. The Morgan fingerprint density at radius 3 is 1.07 bits per heavy atom. The number of aliphatic hydroxyl groups excluding tert-OH is 16. The van der Waals surface area contributed by atoms with E-state index < -0.39 is 226 Å². The zero-order chi connectivity index (χ0) is 95.4. The molecule has 24 fully saturated rings. The molecule has 132 heavy (non-hydrogen) atoms. The van der Waals surface area contributed by atoms with Crippen molar-refractivity contribution in [3.05, 3.63) is 0 Å². The standard InChI is InChI=1S/3C21H33NO9.C15H22O5.C6H13NO5.CH3I.CH2O3.Na/c2*1-9-4-5-12-10(2)17(22-14-16(25)15(24)13(8-23)27-18(14)26)28-19-21(12)11(9)6-7-20(3,29-19)30-31-21;1-9-4-5-12-10(2)17(26)22(14-16(25)15(24)13(8-23)28-18(14)27)19-21(12)11(9)6-7-20(3,29-19)30-31-21;1-8-4-5-11-9(2)12(16)17-13-15(11)10(8)6-7-14(3,18-13)19-20-15;7-3-5(10)4(9)2(1-8)12-6(3)11;1-2;2-1-4-3;/h2*9-16,18-19,23-26H,4-8H2,1-3H3;9-16,18-19,23-25,27H,4-8H2,1-3H3;8-11,13H,4-7H2,1-3H3;2-6,8-11H,1,7H2;1H3;1,3H;/q;;;;;;;+1/p-1/t2*9-,10-,11?,12?,13+,14?,15+,16+,18-,19-,20-,21?;9-,10-,11?,12?,13+,14?,15+,16+,18-,19?,20-,21?;8-,9-,10?,11?,13-,14-,15?;2-,3-,4-,5-,6+;;;/m11110.../s1. The molecule has 750 valence electrons. The number of alkyl halides is 1. The molecule has 24 aliphatic rings. The van der Waals surface area contributed by atoms with Crippen molar-refractivity contribution in [1.29, 1.82) is 0 Å². The molecule has 20 heterocycles. The van der Waals surface area contributed by atoms with E-state index in [4.69, 9.17) is 117 Å². The number of ether oxygens (including phenoxy) is 11. The minimum Gasteiger partial charge on any atom is -0.662 e. The number of nitrogens with two attached hydrogens (primary N) is 1. The van der Waals surface area contributed by atoms with Crippen molar-refractivity contribution in [2.75, 3.05) is 31.4 Å². The molecule has 4 aliphatic carbocycles. The first-order chi connectivity index (χ1) is 62.0. The van der Waals surface area contributed by atoms with E-state index in [9.17, 15) is 81.1 Å². The molecule has 4 saturated carbocycles. The van der Waals surface area contributed by atoms with E-state index in [-0.39, 0.29) is 107 Å². The molecule has 8 bridgehead atoms. The summed E-state index contributed by atoms with van der Waals surface area (Å²) < 4.78 is 63.6. The number of aliphatic hydroxyl groups is 16. The Balaban J connectivity index is 0.000000142. The number of esters is 1. The third kappa shape index (κ3) is 18.8. The predicted molar refractivity (Wildman–Crippen MR) is 444 cm³/mol. The van der Waals surface area contributed by atoms with E-state index in [1.165, 1.54) is 4.90 Å². The van der Waals surface area contributed by atoms with Crippen LogP contribution in [0.5, 0.6) is 0 Å². The number of aliphatic imine (C=N–C) groups is 2. The average molecular weight is 2020 g/mol. The minimum absolute atomic E-state index is 0. The number of hydrogen-bond acceptors (Lipinski definition) is 43. The summed E-state index contributed by atoms with van der Waals surface area (Å²) in [6.45, 7) is 21.7. The average Bonchev–Trinajstić information content (AvgIpc) is 1.41.